The zero-order chi connectivity index (χ0) is 16.1. The summed E-state index contributed by atoms with van der Waals surface area (Å²) >= 11 is 0. The highest BCUT2D eigenvalue weighted by atomic mass is 16.6. The summed E-state index contributed by atoms with van der Waals surface area (Å²) in [7, 11) is 0. The van der Waals surface area contributed by atoms with Crippen LogP contribution in [-0.2, 0) is 11.2 Å². The number of carboxylic acid groups (broad SMARTS) is 1. The molecular weight excluding hydrogens is 298 g/mol. The average molecular weight is 315 g/mol. The van der Waals surface area contributed by atoms with Gasteiger partial charge in [0.1, 0.15) is 13.2 Å². The third-order valence-corrected chi connectivity index (χ3v) is 4.47. The molecule has 0 radical (unpaired) electrons. The van der Waals surface area contributed by atoms with Gasteiger partial charge in [0.2, 0.25) is 5.91 Å². The predicted molar refractivity (Wildman–Crippen MR) is 82.4 cm³/mol. The lowest BCUT2D eigenvalue weighted by Gasteiger charge is -2.18. The van der Waals surface area contributed by atoms with Crippen molar-refractivity contribution in [3.63, 3.8) is 0 Å². The molecule has 1 saturated carbocycles. The summed E-state index contributed by atoms with van der Waals surface area (Å²) in [6.07, 6.45) is 1.68. The first kappa shape index (κ1) is 14.1. The van der Waals surface area contributed by atoms with E-state index >= 15 is 0 Å². The molecule has 4 rings (SSSR count). The van der Waals surface area contributed by atoms with Crippen molar-refractivity contribution >= 4 is 22.8 Å². The number of carbonyl (C=O) groups is 2. The van der Waals surface area contributed by atoms with Crippen molar-refractivity contribution in [1.82, 2.24) is 4.57 Å². The number of benzene rings is 1. The lowest BCUT2D eigenvalue weighted by molar-refractivity contribution is -0.136. The average Bonchev–Trinajstić information content (AvgIpc) is 3.33. The van der Waals surface area contributed by atoms with Crippen LogP contribution in [0.3, 0.4) is 0 Å². The second kappa shape index (κ2) is 5.01. The van der Waals surface area contributed by atoms with Gasteiger partial charge in [-0.05, 0) is 31.4 Å². The number of ether oxygens (including phenoxy) is 2. The second-order valence-corrected chi connectivity index (χ2v) is 6.10. The van der Waals surface area contributed by atoms with Crippen molar-refractivity contribution in [2.24, 2.45) is 5.92 Å². The Kier molecular flexibility index (Phi) is 3.07. The van der Waals surface area contributed by atoms with Gasteiger partial charge >= 0.3 is 5.97 Å². The Labute approximate surface area is 132 Å². The van der Waals surface area contributed by atoms with Crippen LogP contribution in [0.4, 0.5) is 0 Å². The van der Waals surface area contributed by atoms with E-state index in [1.54, 1.807) is 23.6 Å². The van der Waals surface area contributed by atoms with Crippen LogP contribution >= 0.6 is 0 Å². The van der Waals surface area contributed by atoms with Gasteiger partial charge in [0.15, 0.2) is 11.5 Å². The number of aromatic nitrogens is 1. The van der Waals surface area contributed by atoms with E-state index in [0.29, 0.717) is 41.5 Å². The molecule has 6 nitrogen and oxygen atoms in total. The van der Waals surface area contributed by atoms with Crippen molar-refractivity contribution < 1.29 is 24.2 Å². The van der Waals surface area contributed by atoms with Crippen LogP contribution in [0.2, 0.25) is 0 Å². The molecule has 6 heteroatoms. The fourth-order valence-electron chi connectivity index (χ4n) is 3.19. The predicted octanol–water partition coefficient (Wildman–Crippen LogP) is 2.40. The summed E-state index contributed by atoms with van der Waals surface area (Å²) in [4.78, 5) is 23.9. The van der Waals surface area contributed by atoms with E-state index in [1.165, 1.54) is 0 Å². The van der Waals surface area contributed by atoms with E-state index in [0.717, 1.165) is 18.2 Å². The molecule has 120 valence electrons. The Balaban J connectivity index is 1.97. The lowest BCUT2D eigenvalue weighted by atomic mass is 10.1. The molecule has 1 aliphatic heterocycles. The maximum Gasteiger partial charge on any atom is 0.307 e. The summed E-state index contributed by atoms with van der Waals surface area (Å²) < 4.78 is 12.9. The third-order valence-electron chi connectivity index (χ3n) is 4.47. The Hall–Kier alpha value is -2.50. The van der Waals surface area contributed by atoms with Gasteiger partial charge in [-0.15, -0.1) is 0 Å². The Bertz CT molecular complexity index is 831. The minimum absolute atomic E-state index is 0.0424. The first-order chi connectivity index (χ1) is 11.1. The van der Waals surface area contributed by atoms with Gasteiger partial charge in [0.25, 0.3) is 0 Å². The maximum atomic E-state index is 12.7. The van der Waals surface area contributed by atoms with Crippen LogP contribution in [-0.4, -0.2) is 34.8 Å². The van der Waals surface area contributed by atoms with Crippen molar-refractivity contribution in [2.45, 2.75) is 26.2 Å². The second-order valence-electron chi connectivity index (χ2n) is 6.10. The van der Waals surface area contributed by atoms with Crippen LogP contribution < -0.4 is 9.47 Å². The summed E-state index contributed by atoms with van der Waals surface area (Å²) in [6, 6.07) is 3.59. The Morgan fingerprint density at radius 3 is 2.48 bits per heavy atom. The molecule has 2 heterocycles. The van der Waals surface area contributed by atoms with Gasteiger partial charge in [0, 0.05) is 23.1 Å². The van der Waals surface area contributed by atoms with Crippen molar-refractivity contribution in [2.75, 3.05) is 13.2 Å². The quantitative estimate of drug-likeness (QED) is 0.941. The Morgan fingerprint density at radius 2 is 1.87 bits per heavy atom. The highest BCUT2D eigenvalue weighted by Gasteiger charge is 2.34. The molecule has 0 saturated heterocycles. The van der Waals surface area contributed by atoms with Crippen LogP contribution in [0, 0.1) is 12.8 Å². The molecule has 1 aliphatic carbocycles. The summed E-state index contributed by atoms with van der Waals surface area (Å²) in [5.74, 6) is 0.385. The molecule has 2 aliphatic rings. The number of aliphatic carboxylic acids is 1. The number of nitrogens with zero attached hydrogens (tertiary/aromatic N) is 1. The standard InChI is InChI=1S/C17H17NO5/c1-9-11(7-16(19)20)12-6-14-15(23-5-4-22-14)8-13(12)18(9)17(21)10-2-3-10/h6,8,10H,2-5,7H2,1H3,(H,19,20). The highest BCUT2D eigenvalue weighted by Crippen LogP contribution is 2.40. The molecule has 0 atom stereocenters. The number of hydrogen-bond donors (Lipinski definition) is 1. The maximum absolute atomic E-state index is 12.7. The fraction of sp³-hybridized carbons (Fsp3) is 0.412. The number of hydrogen-bond acceptors (Lipinski definition) is 4. The van der Waals surface area contributed by atoms with Crippen LogP contribution in [0.5, 0.6) is 11.5 Å². The number of carboxylic acids is 1. The molecule has 1 aromatic carbocycles. The van der Waals surface area contributed by atoms with Crippen LogP contribution in [0.1, 0.15) is 28.9 Å². The molecular formula is C17H17NO5. The monoisotopic (exact) mass is 315 g/mol. The molecule has 23 heavy (non-hydrogen) atoms. The summed E-state index contributed by atoms with van der Waals surface area (Å²) in [5, 5.41) is 9.96. The molecule has 1 N–H and O–H groups in total. The molecule has 0 unspecified atom stereocenters. The molecule has 0 amide bonds. The van der Waals surface area contributed by atoms with E-state index in [9.17, 15) is 14.7 Å². The van der Waals surface area contributed by atoms with Crippen molar-refractivity contribution in [1.29, 1.82) is 0 Å². The van der Waals surface area contributed by atoms with Gasteiger partial charge in [-0.2, -0.15) is 0 Å². The first-order valence-electron chi connectivity index (χ1n) is 7.76. The minimum Gasteiger partial charge on any atom is -0.486 e. The number of fused-ring (bicyclic) bond motifs is 2. The van der Waals surface area contributed by atoms with E-state index in [2.05, 4.69) is 0 Å². The first-order valence-corrected chi connectivity index (χ1v) is 7.76. The number of carbonyl (C=O) groups excluding carboxylic acids is 1. The van der Waals surface area contributed by atoms with E-state index in [-0.39, 0.29) is 18.2 Å². The zero-order valence-corrected chi connectivity index (χ0v) is 12.8. The fourth-order valence-corrected chi connectivity index (χ4v) is 3.19. The van der Waals surface area contributed by atoms with Crippen molar-refractivity contribution in [3.05, 3.63) is 23.4 Å². The molecule has 2 aromatic rings. The lowest BCUT2D eigenvalue weighted by Crippen LogP contribution is -2.16. The smallest absolute Gasteiger partial charge is 0.307 e. The molecule has 0 spiro atoms. The summed E-state index contributed by atoms with van der Waals surface area (Å²) in [5.41, 5.74) is 2.07. The number of rotatable bonds is 3. The van der Waals surface area contributed by atoms with E-state index < -0.39 is 5.97 Å². The minimum atomic E-state index is -0.916. The van der Waals surface area contributed by atoms with Gasteiger partial charge in [0.05, 0.1) is 11.9 Å². The topological polar surface area (TPSA) is 77.8 Å². The normalized spacial score (nSPS) is 16.6. The van der Waals surface area contributed by atoms with Gasteiger partial charge < -0.3 is 14.6 Å². The third kappa shape index (κ3) is 2.25. The highest BCUT2D eigenvalue weighted by molar-refractivity contribution is 6.00. The molecule has 0 bridgehead atoms. The summed E-state index contributed by atoms with van der Waals surface area (Å²) in [6.45, 7) is 2.74. The molecule has 1 aromatic heterocycles. The largest absolute Gasteiger partial charge is 0.486 e. The van der Waals surface area contributed by atoms with Crippen molar-refractivity contribution in [3.8, 4) is 11.5 Å². The van der Waals surface area contributed by atoms with Gasteiger partial charge in [-0.1, -0.05) is 0 Å². The van der Waals surface area contributed by atoms with E-state index in [1.807, 2.05) is 0 Å². The van der Waals surface area contributed by atoms with Gasteiger partial charge in [-0.3, -0.25) is 14.2 Å². The molecule has 1 fully saturated rings. The zero-order valence-electron chi connectivity index (χ0n) is 12.8. The van der Waals surface area contributed by atoms with E-state index in [4.69, 9.17) is 9.47 Å². The Morgan fingerprint density at radius 1 is 1.22 bits per heavy atom. The van der Waals surface area contributed by atoms with Crippen LogP contribution in [0.15, 0.2) is 12.1 Å². The SMILES string of the molecule is Cc1c(CC(=O)O)c2cc3c(cc2n1C(=O)C1CC1)OCCO3. The van der Waals surface area contributed by atoms with Crippen LogP contribution in [0.25, 0.3) is 10.9 Å². The van der Waals surface area contributed by atoms with Gasteiger partial charge in [-0.25, -0.2) is 0 Å².